The topological polar surface area (TPSA) is 85.3 Å². The van der Waals surface area contributed by atoms with Gasteiger partial charge >= 0.3 is 0 Å². The van der Waals surface area contributed by atoms with Crippen LogP contribution in [0, 0.1) is 5.41 Å². The Kier molecular flexibility index (Phi) is 4.22. The molecule has 0 saturated carbocycles. The van der Waals surface area contributed by atoms with Gasteiger partial charge < -0.3 is 0 Å². The Morgan fingerprint density at radius 2 is 1.43 bits per heavy atom. The number of rotatable bonds is 3. The van der Waals surface area contributed by atoms with E-state index in [9.17, 15) is 22.8 Å². The van der Waals surface area contributed by atoms with Crippen molar-refractivity contribution in [2.45, 2.75) is 25.7 Å². The van der Waals surface area contributed by atoms with Crippen molar-refractivity contribution in [3.8, 4) is 0 Å². The van der Waals surface area contributed by atoms with Crippen molar-refractivity contribution in [1.82, 2.24) is 0 Å². The summed E-state index contributed by atoms with van der Waals surface area (Å²) >= 11 is 0. The smallest absolute Gasteiger partial charge is 0.211 e. The minimum atomic E-state index is -4.26. The Morgan fingerprint density at radius 1 is 0.913 bits per heavy atom. The number of ketones is 3. The molecule has 0 aromatic heterocycles. The molecule has 0 amide bonds. The average molecular weight is 332 g/mol. The molecule has 23 heavy (non-hydrogen) atoms. The molecule has 120 valence electrons. The van der Waals surface area contributed by atoms with E-state index in [1.54, 1.807) is 26.8 Å². The molecule has 0 radical (unpaired) electrons. The van der Waals surface area contributed by atoms with Crippen molar-refractivity contribution in [3.05, 3.63) is 53.0 Å². The van der Waals surface area contributed by atoms with Crippen LogP contribution in [0.3, 0.4) is 0 Å². The third-order valence-corrected chi connectivity index (χ3v) is 5.15. The van der Waals surface area contributed by atoms with Crippen molar-refractivity contribution in [1.29, 1.82) is 0 Å². The molecule has 5 nitrogen and oxygen atoms in total. The zero-order valence-corrected chi connectivity index (χ0v) is 13.8. The molecule has 0 unspecified atom stereocenters. The molecule has 0 spiro atoms. The van der Waals surface area contributed by atoms with Crippen LogP contribution in [-0.4, -0.2) is 25.8 Å². The number of sulfone groups is 1. The van der Waals surface area contributed by atoms with E-state index in [0.717, 1.165) is 12.2 Å². The second-order valence-electron chi connectivity index (χ2n) is 6.16. The Labute approximate surface area is 134 Å². The van der Waals surface area contributed by atoms with E-state index >= 15 is 0 Å². The highest BCUT2D eigenvalue weighted by Gasteiger charge is 2.40. The predicted molar refractivity (Wildman–Crippen MR) is 84.3 cm³/mol. The quantitative estimate of drug-likeness (QED) is 0.624. The summed E-state index contributed by atoms with van der Waals surface area (Å²) in [5.74, 6) is -2.30. The maximum Gasteiger partial charge on any atom is 0.211 e. The van der Waals surface area contributed by atoms with Gasteiger partial charge in [-0.2, -0.15) is 0 Å². The molecule has 0 saturated heterocycles. The fourth-order valence-corrected chi connectivity index (χ4v) is 3.67. The van der Waals surface area contributed by atoms with E-state index in [2.05, 4.69) is 0 Å². The van der Waals surface area contributed by atoms with Crippen LogP contribution < -0.4 is 0 Å². The van der Waals surface area contributed by atoms with Gasteiger partial charge in [-0.25, -0.2) is 8.42 Å². The predicted octanol–water partition coefficient (Wildman–Crippen LogP) is 2.04. The highest BCUT2D eigenvalue weighted by Crippen LogP contribution is 2.31. The molecule has 2 rings (SSSR count). The van der Waals surface area contributed by atoms with E-state index in [4.69, 9.17) is 0 Å². The second-order valence-corrected chi connectivity index (χ2v) is 8.05. The lowest BCUT2D eigenvalue weighted by Crippen LogP contribution is -2.32. The number of benzene rings is 1. The fraction of sp³-hybridized carbons (Fsp3) is 0.235. The monoisotopic (exact) mass is 332 g/mol. The first kappa shape index (κ1) is 17.0. The summed E-state index contributed by atoms with van der Waals surface area (Å²) in [4.78, 5) is 36.0. The van der Waals surface area contributed by atoms with Crippen molar-refractivity contribution >= 4 is 27.2 Å². The summed E-state index contributed by atoms with van der Waals surface area (Å²) in [5.41, 5.74) is -1.55. The zero-order chi connectivity index (χ0) is 17.4. The van der Waals surface area contributed by atoms with Gasteiger partial charge in [0.25, 0.3) is 0 Å². The van der Waals surface area contributed by atoms with E-state index in [-0.39, 0.29) is 4.90 Å². The van der Waals surface area contributed by atoms with E-state index < -0.39 is 43.1 Å². The average Bonchev–Trinajstić information content (AvgIpc) is 2.48. The minimum absolute atomic E-state index is 0.134. The van der Waals surface area contributed by atoms with Gasteiger partial charge in [-0.05, 0) is 24.3 Å². The van der Waals surface area contributed by atoms with Gasteiger partial charge in [0.15, 0.2) is 17.3 Å². The largest absolute Gasteiger partial charge is 0.293 e. The number of hydrogen-bond donors (Lipinski definition) is 0. The van der Waals surface area contributed by atoms with Gasteiger partial charge in [0.2, 0.25) is 9.84 Å². The Morgan fingerprint density at radius 3 is 1.96 bits per heavy atom. The fourth-order valence-electron chi connectivity index (χ4n) is 2.12. The number of hydrogen-bond acceptors (Lipinski definition) is 5. The Balaban J connectivity index is 2.79. The number of carbonyl (C=O) groups excluding carboxylic acids is 3. The number of Topliss-reactive ketones (excluding diaryl/α,β-unsaturated/α-hetero) is 1. The first-order chi connectivity index (χ1) is 10.6. The molecular formula is C17H16O5S. The van der Waals surface area contributed by atoms with Crippen LogP contribution >= 0.6 is 0 Å². The van der Waals surface area contributed by atoms with E-state index in [0.29, 0.717) is 0 Å². The summed E-state index contributed by atoms with van der Waals surface area (Å²) < 4.78 is 25.5. The van der Waals surface area contributed by atoms with Crippen molar-refractivity contribution in [2.75, 3.05) is 0 Å². The minimum Gasteiger partial charge on any atom is -0.293 e. The van der Waals surface area contributed by atoms with Gasteiger partial charge in [-0.3, -0.25) is 14.4 Å². The molecule has 1 aliphatic rings. The molecule has 1 aromatic rings. The summed E-state index contributed by atoms with van der Waals surface area (Å²) in [7, 11) is -4.26. The molecule has 0 heterocycles. The lowest BCUT2D eigenvalue weighted by Gasteiger charge is -2.21. The van der Waals surface area contributed by atoms with Crippen LogP contribution in [0.25, 0.3) is 0 Å². The second kappa shape index (κ2) is 5.70. The van der Waals surface area contributed by atoms with Gasteiger partial charge in [0.1, 0.15) is 4.91 Å². The zero-order valence-electron chi connectivity index (χ0n) is 13.0. The van der Waals surface area contributed by atoms with Gasteiger partial charge in [0, 0.05) is 5.41 Å². The van der Waals surface area contributed by atoms with Gasteiger partial charge in [-0.15, -0.1) is 0 Å². The van der Waals surface area contributed by atoms with Crippen LogP contribution in [0.1, 0.15) is 20.8 Å². The number of allylic oxidation sites excluding steroid dienone is 4. The molecule has 0 aliphatic heterocycles. The van der Waals surface area contributed by atoms with E-state index in [1.807, 2.05) is 0 Å². The summed E-state index contributed by atoms with van der Waals surface area (Å²) in [6.07, 6.45) is 1.82. The maximum absolute atomic E-state index is 12.8. The molecule has 0 fully saturated rings. The molecule has 1 aromatic carbocycles. The van der Waals surface area contributed by atoms with Crippen LogP contribution in [0.15, 0.2) is 57.9 Å². The van der Waals surface area contributed by atoms with Crippen molar-refractivity contribution in [3.63, 3.8) is 0 Å². The molecule has 0 N–H and O–H groups in total. The van der Waals surface area contributed by atoms with Gasteiger partial charge in [0.05, 0.1) is 10.5 Å². The molecule has 1 aliphatic carbocycles. The SMILES string of the molecule is CC(C)(C)C(=O)C1=C(S(=O)(=O)c2ccccc2)C(=O)C=CC1=O. The first-order valence-corrected chi connectivity index (χ1v) is 8.41. The molecular weight excluding hydrogens is 316 g/mol. The van der Waals surface area contributed by atoms with Crippen LogP contribution in [0.5, 0.6) is 0 Å². The lowest BCUT2D eigenvalue weighted by atomic mass is 9.83. The van der Waals surface area contributed by atoms with Gasteiger partial charge in [-0.1, -0.05) is 39.0 Å². The van der Waals surface area contributed by atoms with E-state index in [1.165, 1.54) is 24.3 Å². The van der Waals surface area contributed by atoms with Crippen LogP contribution in [0.4, 0.5) is 0 Å². The highest BCUT2D eigenvalue weighted by molar-refractivity contribution is 7.96. The van der Waals surface area contributed by atoms with Crippen molar-refractivity contribution in [2.24, 2.45) is 5.41 Å². The molecule has 0 bridgehead atoms. The van der Waals surface area contributed by atoms with Crippen LogP contribution in [-0.2, 0) is 24.2 Å². The summed E-state index contributed by atoms with van der Waals surface area (Å²) in [6, 6.07) is 7.27. The third kappa shape index (κ3) is 3.07. The van der Waals surface area contributed by atoms with Crippen LogP contribution in [0.2, 0.25) is 0 Å². The van der Waals surface area contributed by atoms with Crippen molar-refractivity contribution < 1.29 is 22.8 Å². The standard InChI is InChI=1S/C17H16O5S/c1-17(2,3)16(20)14-12(18)9-10-13(19)15(14)23(21,22)11-7-5-4-6-8-11/h4-10H,1-3H3. The maximum atomic E-state index is 12.8. The summed E-state index contributed by atoms with van der Waals surface area (Å²) in [5, 5.41) is 0. The Hall–Kier alpha value is -2.34. The lowest BCUT2D eigenvalue weighted by molar-refractivity contribution is -0.125. The first-order valence-electron chi connectivity index (χ1n) is 6.93. The Bertz CT molecular complexity index is 850. The normalized spacial score (nSPS) is 16.0. The molecule has 0 atom stereocenters. The highest BCUT2D eigenvalue weighted by atomic mass is 32.2. The summed E-state index contributed by atoms with van der Waals surface area (Å²) in [6.45, 7) is 4.68. The third-order valence-electron chi connectivity index (χ3n) is 3.31. The number of carbonyl (C=O) groups is 3. The molecule has 6 heteroatoms.